The third-order valence-corrected chi connectivity index (χ3v) is 4.92. The van der Waals surface area contributed by atoms with Gasteiger partial charge in [-0.15, -0.1) is 0 Å². The van der Waals surface area contributed by atoms with Crippen LogP contribution in [0, 0.1) is 5.92 Å². The number of likely N-dealkylation sites (N-methyl/N-ethyl adjacent to an activating group) is 1. The average molecular weight is 326 g/mol. The van der Waals surface area contributed by atoms with E-state index in [0.717, 1.165) is 31.5 Å². The van der Waals surface area contributed by atoms with E-state index in [1.54, 1.807) is 0 Å². The Morgan fingerprint density at radius 2 is 1.87 bits per heavy atom. The minimum atomic E-state index is 0.454. The summed E-state index contributed by atoms with van der Waals surface area (Å²) < 4.78 is 0. The summed E-state index contributed by atoms with van der Waals surface area (Å²) >= 11 is 0. The quantitative estimate of drug-likeness (QED) is 0.450. The Bertz CT molecular complexity index is 332. The minimum Gasteiger partial charge on any atom is -0.355 e. The summed E-state index contributed by atoms with van der Waals surface area (Å²) in [6.07, 6.45) is 5.16. The molecule has 0 spiro atoms. The number of guanidine groups is 1. The first-order chi connectivity index (χ1) is 11.0. The maximum absolute atomic E-state index is 4.38. The van der Waals surface area contributed by atoms with Gasteiger partial charge in [-0.1, -0.05) is 13.8 Å². The van der Waals surface area contributed by atoms with Gasteiger partial charge in [0.2, 0.25) is 0 Å². The molecule has 1 fully saturated rings. The van der Waals surface area contributed by atoms with Crippen LogP contribution in [0.25, 0.3) is 0 Å². The van der Waals surface area contributed by atoms with Crippen molar-refractivity contribution < 1.29 is 0 Å². The van der Waals surface area contributed by atoms with Gasteiger partial charge in [-0.2, -0.15) is 0 Å². The lowest BCUT2D eigenvalue weighted by Crippen LogP contribution is -2.48. The van der Waals surface area contributed by atoms with Gasteiger partial charge in [-0.25, -0.2) is 0 Å². The summed E-state index contributed by atoms with van der Waals surface area (Å²) in [6, 6.07) is 1.07. The molecule has 0 aromatic rings. The maximum Gasteiger partial charge on any atom is 0.191 e. The van der Waals surface area contributed by atoms with Crippen LogP contribution >= 0.6 is 0 Å². The first kappa shape index (κ1) is 20.2. The zero-order valence-corrected chi connectivity index (χ0v) is 16.2. The van der Waals surface area contributed by atoms with Crippen LogP contribution in [-0.4, -0.2) is 75.2 Å². The molecule has 0 aliphatic heterocycles. The third-order valence-electron chi connectivity index (χ3n) is 4.92. The Balaban J connectivity index is 2.26. The highest BCUT2D eigenvalue weighted by Gasteiger charge is 2.32. The molecule has 5 nitrogen and oxygen atoms in total. The molecule has 0 saturated heterocycles. The molecule has 1 saturated carbocycles. The maximum atomic E-state index is 4.38. The lowest BCUT2D eigenvalue weighted by molar-refractivity contribution is 0.263. The second-order valence-corrected chi connectivity index (χ2v) is 7.04. The van der Waals surface area contributed by atoms with Gasteiger partial charge in [-0.05, 0) is 72.3 Å². The van der Waals surface area contributed by atoms with Crippen LogP contribution in [0.4, 0.5) is 0 Å². The highest BCUT2D eigenvalue weighted by Crippen LogP contribution is 2.34. The van der Waals surface area contributed by atoms with Gasteiger partial charge in [0.25, 0.3) is 0 Å². The van der Waals surface area contributed by atoms with E-state index in [9.17, 15) is 0 Å². The smallest absolute Gasteiger partial charge is 0.191 e. The van der Waals surface area contributed by atoms with Crippen LogP contribution in [0.1, 0.15) is 46.5 Å². The van der Waals surface area contributed by atoms with Gasteiger partial charge in [0.1, 0.15) is 0 Å². The number of rotatable bonds is 11. The van der Waals surface area contributed by atoms with Gasteiger partial charge in [0, 0.05) is 25.7 Å². The van der Waals surface area contributed by atoms with Crippen molar-refractivity contribution in [3.63, 3.8) is 0 Å². The average Bonchev–Trinajstić information content (AvgIpc) is 3.35. The van der Waals surface area contributed by atoms with Gasteiger partial charge in [-0.3, -0.25) is 4.99 Å². The normalized spacial score (nSPS) is 18.3. The predicted molar refractivity (Wildman–Crippen MR) is 101 cm³/mol. The van der Waals surface area contributed by atoms with E-state index in [-0.39, 0.29) is 0 Å². The van der Waals surface area contributed by atoms with E-state index < -0.39 is 0 Å². The van der Waals surface area contributed by atoms with E-state index in [0.29, 0.717) is 12.1 Å². The van der Waals surface area contributed by atoms with Crippen LogP contribution < -0.4 is 10.6 Å². The molecule has 2 atom stereocenters. The third kappa shape index (κ3) is 8.02. The van der Waals surface area contributed by atoms with Crippen LogP contribution in [0.2, 0.25) is 0 Å². The Morgan fingerprint density at radius 1 is 1.22 bits per heavy atom. The number of nitrogens with one attached hydrogen (secondary N) is 2. The Hall–Kier alpha value is -0.810. The largest absolute Gasteiger partial charge is 0.355 e. The molecule has 136 valence electrons. The highest BCUT2D eigenvalue weighted by atomic mass is 15.2. The van der Waals surface area contributed by atoms with Gasteiger partial charge in [0.05, 0.1) is 0 Å². The van der Waals surface area contributed by atoms with Gasteiger partial charge in [0.15, 0.2) is 5.96 Å². The molecule has 0 bridgehead atoms. The second kappa shape index (κ2) is 10.9. The van der Waals surface area contributed by atoms with Crippen LogP contribution in [0.5, 0.6) is 0 Å². The Labute approximate surface area is 143 Å². The molecule has 23 heavy (non-hydrogen) atoms. The summed E-state index contributed by atoms with van der Waals surface area (Å²) in [7, 11) is 6.22. The zero-order valence-electron chi connectivity index (χ0n) is 16.2. The second-order valence-electron chi connectivity index (χ2n) is 7.04. The molecule has 5 heteroatoms. The van der Waals surface area contributed by atoms with E-state index >= 15 is 0 Å². The molecule has 0 heterocycles. The molecule has 0 amide bonds. The minimum absolute atomic E-state index is 0.454. The molecular formula is C18H39N5. The van der Waals surface area contributed by atoms with Gasteiger partial charge >= 0.3 is 0 Å². The molecule has 1 aliphatic rings. The fourth-order valence-corrected chi connectivity index (χ4v) is 3.11. The predicted octanol–water partition coefficient (Wildman–Crippen LogP) is 2.00. The lowest BCUT2D eigenvalue weighted by atomic mass is 10.1. The Morgan fingerprint density at radius 3 is 2.35 bits per heavy atom. The lowest BCUT2D eigenvalue weighted by Gasteiger charge is -2.26. The zero-order chi connectivity index (χ0) is 17.2. The van der Waals surface area contributed by atoms with Crippen molar-refractivity contribution in [3.05, 3.63) is 0 Å². The number of hydrogen-bond acceptors (Lipinski definition) is 3. The van der Waals surface area contributed by atoms with Crippen molar-refractivity contribution in [3.8, 4) is 0 Å². The molecule has 2 unspecified atom stereocenters. The number of nitrogens with zero attached hydrogens (tertiary/aromatic N) is 3. The molecule has 1 rings (SSSR count). The summed E-state index contributed by atoms with van der Waals surface area (Å²) in [6.45, 7) is 11.2. The van der Waals surface area contributed by atoms with Crippen molar-refractivity contribution in [1.29, 1.82) is 0 Å². The van der Waals surface area contributed by atoms with E-state index in [2.05, 4.69) is 60.3 Å². The highest BCUT2D eigenvalue weighted by molar-refractivity contribution is 5.79. The first-order valence-electron chi connectivity index (χ1n) is 9.37. The van der Waals surface area contributed by atoms with Crippen LogP contribution in [-0.2, 0) is 0 Å². The summed E-state index contributed by atoms with van der Waals surface area (Å²) in [5.41, 5.74) is 0. The fraction of sp³-hybridized carbons (Fsp3) is 0.944. The van der Waals surface area contributed by atoms with Crippen molar-refractivity contribution in [2.45, 2.75) is 58.5 Å². The van der Waals surface area contributed by atoms with Crippen molar-refractivity contribution in [2.24, 2.45) is 10.9 Å². The van der Waals surface area contributed by atoms with E-state index in [1.165, 1.54) is 32.2 Å². The van der Waals surface area contributed by atoms with Crippen molar-refractivity contribution in [1.82, 2.24) is 20.4 Å². The summed E-state index contributed by atoms with van der Waals surface area (Å²) in [5, 5.41) is 7.04. The monoisotopic (exact) mass is 325 g/mol. The van der Waals surface area contributed by atoms with Crippen molar-refractivity contribution in [2.75, 3.05) is 47.3 Å². The molecule has 0 radical (unpaired) electrons. The molecule has 2 N–H and O–H groups in total. The molecule has 0 aromatic heterocycles. The number of hydrogen-bond donors (Lipinski definition) is 2. The summed E-state index contributed by atoms with van der Waals surface area (Å²) in [4.78, 5) is 9.20. The van der Waals surface area contributed by atoms with E-state index in [1.807, 2.05) is 7.05 Å². The topological polar surface area (TPSA) is 42.9 Å². The summed E-state index contributed by atoms with van der Waals surface area (Å²) in [5.74, 6) is 1.80. The first-order valence-corrected chi connectivity index (χ1v) is 9.37. The van der Waals surface area contributed by atoms with Gasteiger partial charge < -0.3 is 20.4 Å². The van der Waals surface area contributed by atoms with Crippen LogP contribution in [0.15, 0.2) is 4.99 Å². The SMILES string of the molecule is CCN(CC)CCCC(C)NC(=NC)NCC(C1CC1)N(C)C. The van der Waals surface area contributed by atoms with E-state index in [4.69, 9.17) is 0 Å². The Kier molecular flexibility index (Phi) is 9.56. The number of aliphatic imine (C=N–C) groups is 1. The fourth-order valence-electron chi connectivity index (χ4n) is 3.11. The van der Waals surface area contributed by atoms with Crippen LogP contribution in [0.3, 0.4) is 0 Å². The standard InChI is InChI=1S/C18H39N5/c1-7-23(8-2)13-9-10-15(3)21-18(19-4)20-14-17(22(5)6)16-11-12-16/h15-17H,7-14H2,1-6H3,(H2,19,20,21). The molecule has 0 aromatic carbocycles. The van der Waals surface area contributed by atoms with Crippen molar-refractivity contribution >= 4 is 5.96 Å². The molecule has 1 aliphatic carbocycles. The molecular weight excluding hydrogens is 286 g/mol.